The summed E-state index contributed by atoms with van der Waals surface area (Å²) < 4.78 is 37.0. The van der Waals surface area contributed by atoms with Crippen molar-refractivity contribution < 1.29 is 18.3 Å². The van der Waals surface area contributed by atoms with Crippen LogP contribution >= 0.6 is 15.9 Å². The molecule has 74 valence electrons. The van der Waals surface area contributed by atoms with Gasteiger partial charge < -0.3 is 5.11 Å². The van der Waals surface area contributed by atoms with Gasteiger partial charge in [0.15, 0.2) is 6.10 Å². The SMILES string of the molecule is OC(Cn1ccc(Br)n1)C(F)(F)F. The fourth-order valence-corrected chi connectivity index (χ4v) is 1.04. The molecule has 0 saturated carbocycles. The van der Waals surface area contributed by atoms with Crippen LogP contribution in [0.15, 0.2) is 16.9 Å². The first-order valence-electron chi connectivity index (χ1n) is 3.33. The highest BCUT2D eigenvalue weighted by atomic mass is 79.9. The first kappa shape index (κ1) is 10.5. The van der Waals surface area contributed by atoms with Gasteiger partial charge in [-0.2, -0.15) is 18.3 Å². The molecule has 0 aliphatic carbocycles. The van der Waals surface area contributed by atoms with Crippen molar-refractivity contribution in [2.45, 2.75) is 18.8 Å². The fourth-order valence-electron chi connectivity index (χ4n) is 0.719. The van der Waals surface area contributed by atoms with Crippen molar-refractivity contribution in [2.24, 2.45) is 0 Å². The van der Waals surface area contributed by atoms with Gasteiger partial charge in [0, 0.05) is 6.20 Å². The summed E-state index contributed by atoms with van der Waals surface area (Å²) in [5.74, 6) is 0. The Balaban J connectivity index is 2.60. The minimum absolute atomic E-state index is 0.432. The lowest BCUT2D eigenvalue weighted by atomic mass is 10.3. The Morgan fingerprint density at radius 3 is 2.62 bits per heavy atom. The van der Waals surface area contributed by atoms with Crippen LogP contribution in [0.2, 0.25) is 0 Å². The summed E-state index contributed by atoms with van der Waals surface area (Å²) in [6, 6.07) is 1.49. The Labute approximate surface area is 80.3 Å². The van der Waals surface area contributed by atoms with Crippen LogP contribution in [0.4, 0.5) is 13.2 Å². The van der Waals surface area contributed by atoms with Gasteiger partial charge in [0.25, 0.3) is 0 Å². The zero-order valence-electron chi connectivity index (χ0n) is 6.29. The molecule has 1 aromatic heterocycles. The zero-order chi connectivity index (χ0) is 10.1. The molecule has 0 radical (unpaired) electrons. The molecule has 0 saturated heterocycles. The van der Waals surface area contributed by atoms with Gasteiger partial charge in [0.2, 0.25) is 0 Å². The van der Waals surface area contributed by atoms with Crippen LogP contribution in [0.1, 0.15) is 0 Å². The Morgan fingerprint density at radius 2 is 2.23 bits per heavy atom. The summed E-state index contributed by atoms with van der Waals surface area (Å²) in [6.45, 7) is -0.588. The summed E-state index contributed by atoms with van der Waals surface area (Å²) in [5, 5.41) is 12.3. The summed E-state index contributed by atoms with van der Waals surface area (Å²) in [5.41, 5.74) is 0. The molecule has 0 aliphatic heterocycles. The molecule has 1 rings (SSSR count). The molecule has 7 heteroatoms. The number of aliphatic hydroxyl groups excluding tert-OH is 1. The normalized spacial score (nSPS) is 14.5. The molecular formula is C6H6BrF3N2O. The van der Waals surface area contributed by atoms with Crippen molar-refractivity contribution in [3.63, 3.8) is 0 Å². The molecule has 1 N–H and O–H groups in total. The lowest BCUT2D eigenvalue weighted by molar-refractivity contribution is -0.208. The Hall–Kier alpha value is -0.560. The molecule has 0 aromatic carbocycles. The number of alkyl halides is 3. The van der Waals surface area contributed by atoms with Gasteiger partial charge in [-0.15, -0.1) is 0 Å². The van der Waals surface area contributed by atoms with E-state index in [4.69, 9.17) is 5.11 Å². The van der Waals surface area contributed by atoms with E-state index in [2.05, 4.69) is 21.0 Å². The van der Waals surface area contributed by atoms with E-state index < -0.39 is 18.8 Å². The second-order valence-corrected chi connectivity index (χ2v) is 3.23. The third kappa shape index (κ3) is 3.00. The molecule has 1 heterocycles. The highest BCUT2D eigenvalue weighted by Crippen LogP contribution is 2.21. The van der Waals surface area contributed by atoms with Crippen LogP contribution in [0, 0.1) is 0 Å². The van der Waals surface area contributed by atoms with Gasteiger partial charge in [-0.25, -0.2) is 0 Å². The van der Waals surface area contributed by atoms with Crippen LogP contribution < -0.4 is 0 Å². The lowest BCUT2D eigenvalue weighted by Crippen LogP contribution is -2.32. The molecule has 1 atom stereocenters. The number of aromatic nitrogens is 2. The maximum atomic E-state index is 11.8. The van der Waals surface area contributed by atoms with Gasteiger partial charge >= 0.3 is 6.18 Å². The largest absolute Gasteiger partial charge is 0.416 e. The molecule has 1 unspecified atom stereocenters. The molecule has 3 nitrogen and oxygen atoms in total. The highest BCUT2D eigenvalue weighted by molar-refractivity contribution is 9.10. The van der Waals surface area contributed by atoms with E-state index >= 15 is 0 Å². The fraction of sp³-hybridized carbons (Fsp3) is 0.500. The van der Waals surface area contributed by atoms with E-state index in [0.29, 0.717) is 4.60 Å². The molecular weight excluding hydrogens is 253 g/mol. The number of hydrogen-bond donors (Lipinski definition) is 1. The standard InChI is InChI=1S/C6H6BrF3N2O/c7-5-1-2-12(11-5)3-4(13)6(8,9)10/h1-2,4,13H,3H2. The summed E-state index contributed by atoms with van der Waals surface area (Å²) in [4.78, 5) is 0. The smallest absolute Gasteiger partial charge is 0.382 e. The Morgan fingerprint density at radius 1 is 1.62 bits per heavy atom. The lowest BCUT2D eigenvalue weighted by Gasteiger charge is -2.13. The monoisotopic (exact) mass is 258 g/mol. The topological polar surface area (TPSA) is 38.0 Å². The number of hydrogen-bond acceptors (Lipinski definition) is 2. The Kier molecular flexibility index (Phi) is 2.97. The minimum atomic E-state index is -4.60. The van der Waals surface area contributed by atoms with Gasteiger partial charge in [0.1, 0.15) is 4.60 Å². The molecule has 13 heavy (non-hydrogen) atoms. The first-order valence-corrected chi connectivity index (χ1v) is 4.12. The minimum Gasteiger partial charge on any atom is -0.382 e. The summed E-state index contributed by atoms with van der Waals surface area (Å²) in [7, 11) is 0. The number of aliphatic hydroxyl groups is 1. The van der Waals surface area contributed by atoms with Crippen LogP contribution in [0.5, 0.6) is 0 Å². The van der Waals surface area contributed by atoms with Crippen molar-refractivity contribution in [3.05, 3.63) is 16.9 Å². The predicted molar refractivity (Wildman–Crippen MR) is 42.0 cm³/mol. The third-order valence-electron chi connectivity index (χ3n) is 1.35. The maximum Gasteiger partial charge on any atom is 0.416 e. The van der Waals surface area contributed by atoms with Crippen molar-refractivity contribution in [2.75, 3.05) is 0 Å². The second kappa shape index (κ2) is 3.67. The number of rotatable bonds is 2. The van der Waals surface area contributed by atoms with Crippen molar-refractivity contribution >= 4 is 15.9 Å². The van der Waals surface area contributed by atoms with Crippen LogP contribution in [-0.4, -0.2) is 27.2 Å². The molecule has 0 spiro atoms. The molecule has 1 aromatic rings. The molecule has 0 fully saturated rings. The van der Waals surface area contributed by atoms with Gasteiger partial charge in [-0.3, -0.25) is 4.68 Å². The third-order valence-corrected chi connectivity index (χ3v) is 1.77. The predicted octanol–water partition coefficient (Wildman–Crippen LogP) is 1.57. The molecule has 0 aliphatic rings. The summed E-state index contributed by atoms with van der Waals surface area (Å²) in [6.07, 6.45) is -5.63. The quantitative estimate of drug-likeness (QED) is 0.875. The van der Waals surface area contributed by atoms with Gasteiger partial charge in [-0.05, 0) is 22.0 Å². The van der Waals surface area contributed by atoms with E-state index in [1.165, 1.54) is 12.3 Å². The van der Waals surface area contributed by atoms with Gasteiger partial charge in [0.05, 0.1) is 6.54 Å². The zero-order valence-corrected chi connectivity index (χ0v) is 7.88. The van der Waals surface area contributed by atoms with Crippen molar-refractivity contribution in [1.29, 1.82) is 0 Å². The van der Waals surface area contributed by atoms with Crippen LogP contribution in [0.3, 0.4) is 0 Å². The van der Waals surface area contributed by atoms with E-state index in [1.54, 1.807) is 0 Å². The number of halogens is 4. The van der Waals surface area contributed by atoms with Crippen molar-refractivity contribution in [1.82, 2.24) is 9.78 Å². The molecule has 0 amide bonds. The molecule has 0 bridgehead atoms. The second-order valence-electron chi connectivity index (χ2n) is 2.42. The van der Waals surface area contributed by atoms with E-state index in [-0.39, 0.29) is 0 Å². The average molecular weight is 259 g/mol. The first-order chi connectivity index (χ1) is 5.89. The van der Waals surface area contributed by atoms with E-state index in [9.17, 15) is 13.2 Å². The number of nitrogens with zero attached hydrogens (tertiary/aromatic N) is 2. The maximum absolute atomic E-state index is 11.8. The van der Waals surface area contributed by atoms with Crippen LogP contribution in [-0.2, 0) is 6.54 Å². The van der Waals surface area contributed by atoms with E-state index in [0.717, 1.165) is 4.68 Å². The summed E-state index contributed by atoms with van der Waals surface area (Å²) >= 11 is 2.98. The van der Waals surface area contributed by atoms with Gasteiger partial charge in [-0.1, -0.05) is 0 Å². The van der Waals surface area contributed by atoms with Crippen molar-refractivity contribution in [3.8, 4) is 0 Å². The van der Waals surface area contributed by atoms with E-state index in [1.807, 2.05) is 0 Å². The average Bonchev–Trinajstić information content (AvgIpc) is 2.33. The Bertz CT molecular complexity index is 286. The van der Waals surface area contributed by atoms with Crippen LogP contribution in [0.25, 0.3) is 0 Å². The highest BCUT2D eigenvalue weighted by Gasteiger charge is 2.38.